The third-order valence-corrected chi connectivity index (χ3v) is 5.16. The standard InChI is InChI=1S/C23H23NO5/c1-3-15(2)16-4-6-17(7-5-16)20(25)14-29-23(28)18-8-10-19(11-9-18)24-21(26)12-13-22(24)27/h4-11,15H,3,12-14H2,1-2H3/t15-/m1/s1. The molecule has 1 fully saturated rings. The maximum absolute atomic E-state index is 12.3. The summed E-state index contributed by atoms with van der Waals surface area (Å²) in [5.41, 5.74) is 2.32. The van der Waals surface area contributed by atoms with Crippen LogP contribution in [-0.4, -0.2) is 30.2 Å². The van der Waals surface area contributed by atoms with E-state index in [1.165, 1.54) is 24.3 Å². The average Bonchev–Trinajstić information content (AvgIpc) is 3.09. The summed E-state index contributed by atoms with van der Waals surface area (Å²) in [7, 11) is 0. The number of nitrogens with zero attached hydrogens (tertiary/aromatic N) is 1. The smallest absolute Gasteiger partial charge is 0.338 e. The van der Waals surface area contributed by atoms with Crippen molar-refractivity contribution in [1.29, 1.82) is 0 Å². The van der Waals surface area contributed by atoms with Gasteiger partial charge in [-0.15, -0.1) is 0 Å². The Morgan fingerprint density at radius 2 is 1.48 bits per heavy atom. The molecule has 6 nitrogen and oxygen atoms in total. The fourth-order valence-corrected chi connectivity index (χ4v) is 3.14. The van der Waals surface area contributed by atoms with Crippen LogP contribution in [0.3, 0.4) is 0 Å². The molecule has 0 saturated carbocycles. The van der Waals surface area contributed by atoms with Gasteiger partial charge in [0.05, 0.1) is 11.3 Å². The Bertz CT molecular complexity index is 915. The van der Waals surface area contributed by atoms with Crippen molar-refractivity contribution in [3.8, 4) is 0 Å². The number of Topliss-reactive ketones (excluding diaryl/α,β-unsaturated/α-hetero) is 1. The third-order valence-electron chi connectivity index (χ3n) is 5.16. The van der Waals surface area contributed by atoms with Crippen LogP contribution < -0.4 is 4.90 Å². The van der Waals surface area contributed by atoms with E-state index in [1.54, 1.807) is 12.1 Å². The van der Waals surface area contributed by atoms with Crippen LogP contribution in [0.1, 0.15) is 65.3 Å². The summed E-state index contributed by atoms with van der Waals surface area (Å²) < 4.78 is 5.11. The molecule has 2 amide bonds. The fourth-order valence-electron chi connectivity index (χ4n) is 3.14. The summed E-state index contributed by atoms with van der Waals surface area (Å²) in [5.74, 6) is -1.00. The van der Waals surface area contributed by atoms with Crippen LogP contribution in [0.25, 0.3) is 0 Å². The van der Waals surface area contributed by atoms with Gasteiger partial charge in [-0.1, -0.05) is 38.1 Å². The first-order valence-electron chi connectivity index (χ1n) is 9.66. The van der Waals surface area contributed by atoms with Crippen molar-refractivity contribution in [2.24, 2.45) is 0 Å². The number of imide groups is 1. The molecule has 0 aliphatic carbocycles. The highest BCUT2D eigenvalue weighted by molar-refractivity contribution is 6.19. The van der Waals surface area contributed by atoms with Crippen LogP contribution in [0.4, 0.5) is 5.69 Å². The zero-order chi connectivity index (χ0) is 21.0. The maximum Gasteiger partial charge on any atom is 0.338 e. The Labute approximate surface area is 169 Å². The van der Waals surface area contributed by atoms with E-state index in [-0.39, 0.29) is 42.6 Å². The van der Waals surface area contributed by atoms with Crippen LogP contribution in [0.5, 0.6) is 0 Å². The molecule has 1 atom stereocenters. The molecule has 0 bridgehead atoms. The molecule has 2 aromatic carbocycles. The van der Waals surface area contributed by atoms with Crippen molar-refractivity contribution >= 4 is 29.3 Å². The summed E-state index contributed by atoms with van der Waals surface area (Å²) in [5, 5.41) is 0. The lowest BCUT2D eigenvalue weighted by atomic mass is 9.97. The normalized spacial score (nSPS) is 14.8. The number of amides is 2. The van der Waals surface area contributed by atoms with Crippen molar-refractivity contribution < 1.29 is 23.9 Å². The van der Waals surface area contributed by atoms with Gasteiger partial charge in [0.1, 0.15) is 0 Å². The lowest BCUT2D eigenvalue weighted by Crippen LogP contribution is -2.28. The minimum absolute atomic E-state index is 0.197. The topological polar surface area (TPSA) is 80.8 Å². The molecule has 0 spiro atoms. The Morgan fingerprint density at radius 3 is 2.03 bits per heavy atom. The number of rotatable bonds is 7. The van der Waals surface area contributed by atoms with Gasteiger partial charge in [0, 0.05) is 18.4 Å². The molecule has 0 N–H and O–H groups in total. The molecule has 150 valence electrons. The molecule has 1 aliphatic rings. The number of carbonyl (C=O) groups is 4. The second-order valence-corrected chi connectivity index (χ2v) is 7.10. The predicted octanol–water partition coefficient (Wildman–Crippen LogP) is 3.89. The van der Waals surface area contributed by atoms with Gasteiger partial charge in [0.15, 0.2) is 12.4 Å². The van der Waals surface area contributed by atoms with Crippen LogP contribution in [0.2, 0.25) is 0 Å². The molecule has 2 aromatic rings. The minimum Gasteiger partial charge on any atom is -0.454 e. The number of esters is 1. The largest absolute Gasteiger partial charge is 0.454 e. The second-order valence-electron chi connectivity index (χ2n) is 7.10. The van der Waals surface area contributed by atoms with E-state index in [9.17, 15) is 19.2 Å². The van der Waals surface area contributed by atoms with Gasteiger partial charge in [-0.2, -0.15) is 0 Å². The van der Waals surface area contributed by atoms with Gasteiger partial charge in [-0.05, 0) is 42.2 Å². The Morgan fingerprint density at radius 1 is 0.931 bits per heavy atom. The highest BCUT2D eigenvalue weighted by Gasteiger charge is 2.30. The van der Waals surface area contributed by atoms with Gasteiger partial charge < -0.3 is 4.74 Å². The molecular weight excluding hydrogens is 370 g/mol. The molecule has 1 saturated heterocycles. The van der Waals surface area contributed by atoms with Gasteiger partial charge >= 0.3 is 5.97 Å². The molecule has 6 heteroatoms. The fraction of sp³-hybridized carbons (Fsp3) is 0.304. The van der Waals surface area contributed by atoms with Crippen molar-refractivity contribution in [3.63, 3.8) is 0 Å². The number of hydrogen-bond acceptors (Lipinski definition) is 5. The molecule has 3 rings (SSSR count). The van der Waals surface area contributed by atoms with Crippen LogP contribution in [-0.2, 0) is 14.3 Å². The molecular formula is C23H23NO5. The number of anilines is 1. The van der Waals surface area contributed by atoms with Crippen molar-refractivity contribution in [2.45, 2.75) is 39.0 Å². The Balaban J connectivity index is 1.58. The van der Waals surface area contributed by atoms with E-state index in [1.807, 2.05) is 12.1 Å². The van der Waals surface area contributed by atoms with Crippen LogP contribution in [0.15, 0.2) is 48.5 Å². The molecule has 0 radical (unpaired) electrons. The monoisotopic (exact) mass is 393 g/mol. The van der Waals surface area contributed by atoms with Crippen LogP contribution in [0, 0.1) is 0 Å². The SMILES string of the molecule is CC[C@@H](C)c1ccc(C(=O)COC(=O)c2ccc(N3C(=O)CCC3=O)cc2)cc1. The van der Waals surface area contributed by atoms with Gasteiger partial charge in [-0.3, -0.25) is 19.3 Å². The van der Waals surface area contributed by atoms with Crippen molar-refractivity contribution in [1.82, 2.24) is 0 Å². The summed E-state index contributed by atoms with van der Waals surface area (Å²) in [6, 6.07) is 13.3. The molecule has 0 aromatic heterocycles. The summed E-state index contributed by atoms with van der Waals surface area (Å²) in [4.78, 5) is 49.1. The zero-order valence-corrected chi connectivity index (χ0v) is 16.5. The first-order chi connectivity index (χ1) is 13.9. The summed E-state index contributed by atoms with van der Waals surface area (Å²) in [6.07, 6.45) is 1.41. The van der Waals surface area contributed by atoms with E-state index in [4.69, 9.17) is 4.74 Å². The Kier molecular flexibility index (Phi) is 6.22. The number of benzene rings is 2. The molecule has 1 heterocycles. The van der Waals surface area contributed by atoms with Crippen molar-refractivity contribution in [2.75, 3.05) is 11.5 Å². The average molecular weight is 393 g/mol. The Hall–Kier alpha value is -3.28. The number of ketones is 1. The van der Waals surface area contributed by atoms with Gasteiger partial charge in [0.2, 0.25) is 11.8 Å². The molecule has 0 unspecified atom stereocenters. The number of ether oxygens (including phenoxy) is 1. The minimum atomic E-state index is -0.639. The second kappa shape index (κ2) is 8.82. The van der Waals surface area contributed by atoms with E-state index in [2.05, 4.69) is 13.8 Å². The van der Waals surface area contributed by atoms with Gasteiger partial charge in [-0.25, -0.2) is 4.79 Å². The lowest BCUT2D eigenvalue weighted by molar-refractivity contribution is -0.121. The maximum atomic E-state index is 12.3. The zero-order valence-electron chi connectivity index (χ0n) is 16.5. The molecule has 29 heavy (non-hydrogen) atoms. The molecule has 1 aliphatic heterocycles. The van der Waals surface area contributed by atoms with E-state index in [0.717, 1.165) is 16.9 Å². The van der Waals surface area contributed by atoms with E-state index in [0.29, 0.717) is 17.2 Å². The highest BCUT2D eigenvalue weighted by atomic mass is 16.5. The summed E-state index contributed by atoms with van der Waals surface area (Å²) >= 11 is 0. The van der Waals surface area contributed by atoms with E-state index < -0.39 is 5.97 Å². The van der Waals surface area contributed by atoms with Crippen LogP contribution >= 0.6 is 0 Å². The predicted molar refractivity (Wildman–Crippen MR) is 108 cm³/mol. The number of hydrogen-bond donors (Lipinski definition) is 0. The summed E-state index contributed by atoms with van der Waals surface area (Å²) in [6.45, 7) is 3.88. The highest BCUT2D eigenvalue weighted by Crippen LogP contribution is 2.23. The third kappa shape index (κ3) is 4.59. The quantitative estimate of drug-likeness (QED) is 0.405. The first-order valence-corrected chi connectivity index (χ1v) is 9.66. The van der Waals surface area contributed by atoms with E-state index >= 15 is 0 Å². The lowest BCUT2D eigenvalue weighted by Gasteiger charge is -2.14. The van der Waals surface area contributed by atoms with Gasteiger partial charge in [0.25, 0.3) is 0 Å². The van der Waals surface area contributed by atoms with Crippen molar-refractivity contribution in [3.05, 3.63) is 65.2 Å². The number of carbonyl (C=O) groups excluding carboxylic acids is 4. The first kappa shape index (κ1) is 20.5.